The van der Waals surface area contributed by atoms with Crippen molar-refractivity contribution in [2.45, 2.75) is 79.1 Å². The first kappa shape index (κ1) is 24.3. The number of ketones is 1. The Labute approximate surface area is 178 Å². The number of nitrogens with zero attached hydrogens (tertiary/aromatic N) is 1. The lowest BCUT2D eigenvalue weighted by Crippen LogP contribution is -2.40. The highest BCUT2D eigenvalue weighted by atomic mass is 16.5. The van der Waals surface area contributed by atoms with Gasteiger partial charge in [0.1, 0.15) is 5.78 Å². The Balaban J connectivity index is 0.000000207. The van der Waals surface area contributed by atoms with E-state index in [0.29, 0.717) is 23.7 Å². The zero-order chi connectivity index (χ0) is 21.3. The van der Waals surface area contributed by atoms with E-state index in [1.807, 2.05) is 32.6 Å². The number of hydrogen-bond donors (Lipinski definition) is 1. The summed E-state index contributed by atoms with van der Waals surface area (Å²) < 4.78 is 5.41. The topological polar surface area (TPSA) is 58.6 Å². The average molecular weight is 409 g/mol. The van der Waals surface area contributed by atoms with Crippen LogP contribution in [-0.4, -0.2) is 56.0 Å². The van der Waals surface area contributed by atoms with E-state index in [0.717, 1.165) is 39.2 Å². The smallest absolute Gasteiger partial charge is 0.225 e. The molecule has 5 nitrogen and oxygen atoms in total. The van der Waals surface area contributed by atoms with Crippen LogP contribution in [0.25, 0.3) is 0 Å². The number of hydrogen-bond acceptors (Lipinski definition) is 4. The van der Waals surface area contributed by atoms with Crippen molar-refractivity contribution < 1.29 is 14.3 Å². The molecule has 0 bridgehead atoms. The van der Waals surface area contributed by atoms with Gasteiger partial charge < -0.3 is 15.0 Å². The van der Waals surface area contributed by atoms with Gasteiger partial charge in [0.25, 0.3) is 0 Å². The fraction of sp³-hybridized carbons (Fsp3) is 0.917. The molecule has 168 valence electrons. The molecule has 0 aromatic heterocycles. The molecule has 0 atom stereocenters. The summed E-state index contributed by atoms with van der Waals surface area (Å²) in [6.07, 6.45) is 10.4. The van der Waals surface area contributed by atoms with E-state index in [4.69, 9.17) is 4.74 Å². The van der Waals surface area contributed by atoms with Gasteiger partial charge in [0, 0.05) is 37.4 Å². The van der Waals surface area contributed by atoms with Crippen molar-refractivity contribution in [3.63, 3.8) is 0 Å². The van der Waals surface area contributed by atoms with Gasteiger partial charge >= 0.3 is 0 Å². The number of carbonyl (C=O) groups is 2. The normalized spacial score (nSPS) is 23.3. The molecule has 29 heavy (non-hydrogen) atoms. The molecular formula is C24H44N2O3. The Hall–Kier alpha value is -0.940. The van der Waals surface area contributed by atoms with Gasteiger partial charge in [-0.1, -0.05) is 34.1 Å². The first-order chi connectivity index (χ1) is 13.8. The van der Waals surface area contributed by atoms with Crippen LogP contribution < -0.4 is 5.32 Å². The van der Waals surface area contributed by atoms with Crippen molar-refractivity contribution >= 4 is 11.7 Å². The number of carbonyl (C=O) groups excluding carboxylic acids is 2. The largest absolute Gasteiger partial charge is 0.378 e. The third kappa shape index (κ3) is 7.67. The third-order valence-electron chi connectivity index (χ3n) is 6.95. The molecule has 0 radical (unpaired) electrons. The van der Waals surface area contributed by atoms with Crippen molar-refractivity contribution in [1.82, 2.24) is 10.2 Å². The van der Waals surface area contributed by atoms with Crippen molar-refractivity contribution in [2.24, 2.45) is 23.2 Å². The van der Waals surface area contributed by atoms with Gasteiger partial charge in [0.2, 0.25) is 5.91 Å². The van der Waals surface area contributed by atoms with E-state index in [1.165, 1.54) is 44.9 Å². The van der Waals surface area contributed by atoms with E-state index in [-0.39, 0.29) is 17.7 Å². The minimum atomic E-state index is 0.0842. The van der Waals surface area contributed by atoms with Crippen LogP contribution in [0.5, 0.6) is 0 Å². The molecule has 3 rings (SSSR count). The predicted octanol–water partition coefficient (Wildman–Crippen LogP) is 4.05. The van der Waals surface area contributed by atoms with Gasteiger partial charge in [0.15, 0.2) is 0 Å². The molecule has 0 unspecified atom stereocenters. The SMILES string of the molecule is CC(C)C(=O)C1CCC2(CCC2)CC1.CC(C)C(=O)N1CCCNCCOCC1. The number of ether oxygens (including phenoxy) is 1. The molecule has 1 saturated heterocycles. The lowest BCUT2D eigenvalue weighted by molar-refractivity contribution is -0.135. The van der Waals surface area contributed by atoms with Crippen molar-refractivity contribution in [3.8, 4) is 0 Å². The van der Waals surface area contributed by atoms with Crippen LogP contribution in [0.3, 0.4) is 0 Å². The fourth-order valence-corrected chi connectivity index (χ4v) is 4.80. The molecule has 2 saturated carbocycles. The molecule has 1 amide bonds. The molecule has 3 aliphatic rings. The summed E-state index contributed by atoms with van der Waals surface area (Å²) in [6, 6.07) is 0. The summed E-state index contributed by atoms with van der Waals surface area (Å²) >= 11 is 0. The minimum Gasteiger partial charge on any atom is -0.378 e. The van der Waals surface area contributed by atoms with Crippen molar-refractivity contribution in [1.29, 1.82) is 0 Å². The molecule has 5 heteroatoms. The van der Waals surface area contributed by atoms with Crippen LogP contribution in [0.1, 0.15) is 79.1 Å². The van der Waals surface area contributed by atoms with Crippen LogP contribution in [-0.2, 0) is 14.3 Å². The maximum Gasteiger partial charge on any atom is 0.225 e. The Kier molecular flexibility index (Phi) is 10.1. The van der Waals surface area contributed by atoms with Gasteiger partial charge in [-0.15, -0.1) is 0 Å². The summed E-state index contributed by atoms with van der Waals surface area (Å²) in [4.78, 5) is 25.5. The molecule has 1 aliphatic heterocycles. The second-order valence-electron chi connectivity index (χ2n) is 9.88. The summed E-state index contributed by atoms with van der Waals surface area (Å²) in [5.74, 6) is 1.48. The molecule has 0 aromatic rings. The first-order valence-electron chi connectivity index (χ1n) is 12.0. The van der Waals surface area contributed by atoms with E-state index in [1.54, 1.807) is 0 Å². The molecule has 1 spiro atoms. The van der Waals surface area contributed by atoms with Gasteiger partial charge in [-0.3, -0.25) is 9.59 Å². The molecule has 2 aliphatic carbocycles. The second-order valence-corrected chi connectivity index (χ2v) is 9.88. The Morgan fingerprint density at radius 1 is 0.897 bits per heavy atom. The van der Waals surface area contributed by atoms with Gasteiger partial charge in [-0.05, 0) is 56.9 Å². The van der Waals surface area contributed by atoms with Gasteiger partial charge in [-0.2, -0.15) is 0 Å². The van der Waals surface area contributed by atoms with Crippen molar-refractivity contribution in [2.75, 3.05) is 39.4 Å². The van der Waals surface area contributed by atoms with E-state index in [9.17, 15) is 9.59 Å². The van der Waals surface area contributed by atoms with Crippen LogP contribution in [0, 0.1) is 23.2 Å². The first-order valence-corrected chi connectivity index (χ1v) is 12.0. The predicted molar refractivity (Wildman–Crippen MR) is 118 cm³/mol. The third-order valence-corrected chi connectivity index (χ3v) is 6.95. The zero-order valence-electron chi connectivity index (χ0n) is 19.3. The molecular weight excluding hydrogens is 364 g/mol. The zero-order valence-corrected chi connectivity index (χ0v) is 19.3. The highest BCUT2D eigenvalue weighted by Crippen LogP contribution is 2.52. The van der Waals surface area contributed by atoms with Crippen LogP contribution >= 0.6 is 0 Å². The Morgan fingerprint density at radius 3 is 2.14 bits per heavy atom. The number of nitrogens with one attached hydrogen (secondary N) is 1. The van der Waals surface area contributed by atoms with Crippen LogP contribution in [0.4, 0.5) is 0 Å². The summed E-state index contributed by atoms with van der Waals surface area (Å²) in [7, 11) is 0. The molecule has 1 heterocycles. The summed E-state index contributed by atoms with van der Waals surface area (Å²) in [5, 5.41) is 3.28. The highest BCUT2D eigenvalue weighted by molar-refractivity contribution is 5.82. The number of Topliss-reactive ketones (excluding diaryl/α,β-unsaturated/α-hetero) is 1. The molecule has 1 N–H and O–H groups in total. The Bertz CT molecular complexity index is 494. The maximum absolute atomic E-state index is 11.8. The molecule has 3 fully saturated rings. The Morgan fingerprint density at radius 2 is 1.59 bits per heavy atom. The van der Waals surface area contributed by atoms with E-state index >= 15 is 0 Å². The second kappa shape index (κ2) is 12.0. The van der Waals surface area contributed by atoms with E-state index in [2.05, 4.69) is 5.32 Å². The lowest BCUT2D eigenvalue weighted by atomic mass is 9.58. The monoisotopic (exact) mass is 408 g/mol. The number of amides is 1. The van der Waals surface area contributed by atoms with E-state index < -0.39 is 0 Å². The van der Waals surface area contributed by atoms with Gasteiger partial charge in [-0.25, -0.2) is 0 Å². The van der Waals surface area contributed by atoms with Crippen molar-refractivity contribution in [3.05, 3.63) is 0 Å². The van der Waals surface area contributed by atoms with Gasteiger partial charge in [0.05, 0.1) is 13.2 Å². The highest BCUT2D eigenvalue weighted by Gasteiger charge is 2.41. The maximum atomic E-state index is 11.8. The number of rotatable bonds is 3. The quantitative estimate of drug-likeness (QED) is 0.765. The lowest BCUT2D eigenvalue weighted by Gasteiger charge is -2.47. The van der Waals surface area contributed by atoms with Crippen LogP contribution in [0.15, 0.2) is 0 Å². The minimum absolute atomic E-state index is 0.0842. The summed E-state index contributed by atoms with van der Waals surface area (Å²) in [6.45, 7) is 12.8. The average Bonchev–Trinajstić information content (AvgIpc) is 2.70. The standard InChI is InChI=1S/C13H22O.C11H22N2O2/c1-10(2)12(14)11-4-8-13(9-5-11)6-3-7-13;1-10(2)11(14)13-6-3-4-12-5-8-15-9-7-13/h10-11H,3-9H2,1-2H3;10,12H,3-9H2,1-2H3. The molecule has 0 aromatic carbocycles. The fourth-order valence-electron chi connectivity index (χ4n) is 4.80. The van der Waals surface area contributed by atoms with Crippen LogP contribution in [0.2, 0.25) is 0 Å². The summed E-state index contributed by atoms with van der Waals surface area (Å²) in [5.41, 5.74) is 0.702.